The summed E-state index contributed by atoms with van der Waals surface area (Å²) in [6.45, 7) is 2.43. The molecule has 72 valence electrons. The minimum atomic E-state index is -0.818. The molecule has 0 bridgehead atoms. The van der Waals surface area contributed by atoms with Crippen molar-refractivity contribution in [2.75, 3.05) is 6.61 Å². The predicted molar refractivity (Wildman–Crippen MR) is 45.1 cm³/mol. The van der Waals surface area contributed by atoms with Gasteiger partial charge >= 0.3 is 0 Å². The van der Waals surface area contributed by atoms with Crippen LogP contribution in [-0.4, -0.2) is 30.2 Å². The molecule has 0 radical (unpaired) electrons. The summed E-state index contributed by atoms with van der Waals surface area (Å²) in [6.07, 6.45) is 1.11. The van der Waals surface area contributed by atoms with Crippen molar-refractivity contribution < 1.29 is 14.3 Å². The van der Waals surface area contributed by atoms with E-state index in [1.54, 1.807) is 0 Å². The van der Waals surface area contributed by atoms with Gasteiger partial charge < -0.3 is 15.2 Å². The number of aliphatic imine (C=N–C) groups is 1. The van der Waals surface area contributed by atoms with Crippen molar-refractivity contribution in [3.8, 4) is 0 Å². The van der Waals surface area contributed by atoms with Gasteiger partial charge in [-0.3, -0.25) is 4.79 Å². The van der Waals surface area contributed by atoms with Crippen molar-refractivity contribution in [3.63, 3.8) is 0 Å². The van der Waals surface area contributed by atoms with Crippen LogP contribution in [-0.2, 0) is 14.3 Å². The summed E-state index contributed by atoms with van der Waals surface area (Å²) in [5.74, 6) is -0.264. The third-order valence-corrected chi connectivity index (χ3v) is 2.43. The van der Waals surface area contributed by atoms with Crippen LogP contribution in [0.25, 0.3) is 0 Å². The minimum absolute atomic E-state index is 0.0147. The van der Waals surface area contributed by atoms with E-state index in [2.05, 4.69) is 4.99 Å². The Bertz CT molecular complexity index is 277. The van der Waals surface area contributed by atoms with Crippen molar-refractivity contribution in [3.05, 3.63) is 0 Å². The molecule has 2 heterocycles. The fourth-order valence-electron chi connectivity index (χ4n) is 1.81. The van der Waals surface area contributed by atoms with Gasteiger partial charge in [0.1, 0.15) is 0 Å². The van der Waals surface area contributed by atoms with Crippen molar-refractivity contribution in [1.29, 1.82) is 0 Å². The van der Waals surface area contributed by atoms with Crippen LogP contribution in [0, 0.1) is 0 Å². The summed E-state index contributed by atoms with van der Waals surface area (Å²) in [5, 5.41) is 0. The molecule has 2 N–H and O–H groups in total. The summed E-state index contributed by atoms with van der Waals surface area (Å²) in [4.78, 5) is 15.0. The predicted octanol–water partition coefficient (Wildman–Crippen LogP) is -0.204. The third-order valence-electron chi connectivity index (χ3n) is 2.43. The highest BCUT2D eigenvalue weighted by Crippen LogP contribution is 2.32. The van der Waals surface area contributed by atoms with E-state index in [1.165, 1.54) is 0 Å². The molecule has 2 aliphatic heterocycles. The molecule has 0 aliphatic carbocycles. The number of ether oxygens (including phenoxy) is 2. The van der Waals surface area contributed by atoms with Gasteiger partial charge in [-0.05, 0) is 6.92 Å². The standard InChI is InChI=1S/C8H12N2O3/c1-5-4-8(2-3-12-5)6(11)10-7(9)13-8/h5H,2-4H2,1H3,(H2,9,10,11). The van der Waals surface area contributed by atoms with Gasteiger partial charge in [0.2, 0.25) is 0 Å². The second kappa shape index (κ2) is 2.70. The minimum Gasteiger partial charge on any atom is -0.448 e. The highest BCUT2D eigenvalue weighted by Gasteiger charge is 2.48. The van der Waals surface area contributed by atoms with Crippen molar-refractivity contribution >= 4 is 11.9 Å². The second-order valence-corrected chi connectivity index (χ2v) is 3.49. The lowest BCUT2D eigenvalue weighted by Gasteiger charge is -2.33. The lowest BCUT2D eigenvalue weighted by atomic mass is 9.90. The number of rotatable bonds is 0. The largest absolute Gasteiger partial charge is 0.448 e. The molecule has 1 fully saturated rings. The maximum atomic E-state index is 11.5. The van der Waals surface area contributed by atoms with Crippen LogP contribution in [0.1, 0.15) is 19.8 Å². The van der Waals surface area contributed by atoms with Gasteiger partial charge in [0.05, 0.1) is 12.7 Å². The molecule has 1 spiro atoms. The Hall–Kier alpha value is -1.10. The molecule has 0 aromatic rings. The van der Waals surface area contributed by atoms with E-state index in [-0.39, 0.29) is 18.0 Å². The Morgan fingerprint density at radius 3 is 3.00 bits per heavy atom. The van der Waals surface area contributed by atoms with E-state index < -0.39 is 5.60 Å². The Morgan fingerprint density at radius 2 is 2.46 bits per heavy atom. The Kier molecular flexibility index (Phi) is 1.76. The fourth-order valence-corrected chi connectivity index (χ4v) is 1.81. The van der Waals surface area contributed by atoms with Gasteiger partial charge in [-0.25, -0.2) is 0 Å². The van der Waals surface area contributed by atoms with E-state index in [4.69, 9.17) is 15.2 Å². The Morgan fingerprint density at radius 1 is 1.69 bits per heavy atom. The van der Waals surface area contributed by atoms with Crippen LogP contribution in [0.5, 0.6) is 0 Å². The highest BCUT2D eigenvalue weighted by atomic mass is 16.5. The Balaban J connectivity index is 2.18. The topological polar surface area (TPSA) is 73.9 Å². The molecule has 13 heavy (non-hydrogen) atoms. The van der Waals surface area contributed by atoms with Crippen LogP contribution in [0.15, 0.2) is 4.99 Å². The van der Waals surface area contributed by atoms with Crippen molar-refractivity contribution in [2.24, 2.45) is 10.7 Å². The molecule has 0 aromatic carbocycles. The first-order valence-electron chi connectivity index (χ1n) is 4.32. The first-order chi connectivity index (χ1) is 6.12. The monoisotopic (exact) mass is 184 g/mol. The Labute approximate surface area is 75.9 Å². The summed E-state index contributed by atoms with van der Waals surface area (Å²) >= 11 is 0. The van der Waals surface area contributed by atoms with Gasteiger partial charge in [-0.1, -0.05) is 0 Å². The number of amides is 1. The first kappa shape index (κ1) is 8.50. The summed E-state index contributed by atoms with van der Waals surface area (Å²) in [7, 11) is 0. The molecule has 0 saturated carbocycles. The molecule has 5 heteroatoms. The van der Waals surface area contributed by atoms with E-state index >= 15 is 0 Å². The quantitative estimate of drug-likeness (QED) is 0.565. The van der Waals surface area contributed by atoms with Gasteiger partial charge in [0.15, 0.2) is 5.60 Å². The number of nitrogens with zero attached hydrogens (tertiary/aromatic N) is 1. The molecule has 2 aliphatic rings. The van der Waals surface area contributed by atoms with Crippen LogP contribution in [0.3, 0.4) is 0 Å². The molecule has 2 unspecified atom stereocenters. The average molecular weight is 184 g/mol. The van der Waals surface area contributed by atoms with E-state index in [0.29, 0.717) is 19.4 Å². The third kappa shape index (κ3) is 1.29. The number of carbonyl (C=O) groups excluding carboxylic acids is 1. The summed E-state index contributed by atoms with van der Waals surface area (Å²) in [5.41, 5.74) is 4.52. The number of hydrogen-bond donors (Lipinski definition) is 1. The van der Waals surface area contributed by atoms with Crippen LogP contribution < -0.4 is 5.73 Å². The lowest BCUT2D eigenvalue weighted by Crippen LogP contribution is -2.46. The zero-order valence-corrected chi connectivity index (χ0v) is 7.45. The highest BCUT2D eigenvalue weighted by molar-refractivity contribution is 6.00. The SMILES string of the molecule is CC1CC2(CCO1)OC(N)=NC2=O. The molecular formula is C8H12N2O3. The molecule has 1 amide bonds. The van der Waals surface area contributed by atoms with E-state index in [1.807, 2.05) is 6.92 Å². The zero-order chi connectivity index (χ0) is 9.47. The number of carbonyl (C=O) groups is 1. The molecule has 1 saturated heterocycles. The molecule has 2 atom stereocenters. The van der Waals surface area contributed by atoms with Gasteiger partial charge in [-0.2, -0.15) is 4.99 Å². The van der Waals surface area contributed by atoms with Gasteiger partial charge in [-0.15, -0.1) is 0 Å². The average Bonchev–Trinajstić information content (AvgIpc) is 2.26. The van der Waals surface area contributed by atoms with E-state index in [9.17, 15) is 4.79 Å². The zero-order valence-electron chi connectivity index (χ0n) is 7.45. The number of amidine groups is 1. The second-order valence-electron chi connectivity index (χ2n) is 3.49. The maximum Gasteiger partial charge on any atom is 0.294 e. The number of hydrogen-bond acceptors (Lipinski definition) is 4. The fraction of sp³-hybridized carbons (Fsp3) is 0.750. The van der Waals surface area contributed by atoms with Crippen LogP contribution >= 0.6 is 0 Å². The summed E-state index contributed by atoms with van der Waals surface area (Å²) in [6, 6.07) is -0.0147. The number of nitrogens with two attached hydrogens (primary N) is 1. The van der Waals surface area contributed by atoms with Crippen molar-refractivity contribution in [2.45, 2.75) is 31.5 Å². The van der Waals surface area contributed by atoms with Crippen LogP contribution in [0.4, 0.5) is 0 Å². The lowest BCUT2D eigenvalue weighted by molar-refractivity contribution is -0.143. The van der Waals surface area contributed by atoms with Crippen molar-refractivity contribution in [1.82, 2.24) is 0 Å². The maximum absolute atomic E-state index is 11.5. The smallest absolute Gasteiger partial charge is 0.294 e. The summed E-state index contributed by atoms with van der Waals surface area (Å²) < 4.78 is 10.6. The molecule has 0 aromatic heterocycles. The normalized spacial score (nSPS) is 39.0. The first-order valence-corrected chi connectivity index (χ1v) is 4.32. The molecular weight excluding hydrogens is 172 g/mol. The molecule has 5 nitrogen and oxygen atoms in total. The van der Waals surface area contributed by atoms with Crippen LogP contribution in [0.2, 0.25) is 0 Å². The molecule has 2 rings (SSSR count). The van der Waals surface area contributed by atoms with E-state index in [0.717, 1.165) is 0 Å². The van der Waals surface area contributed by atoms with Gasteiger partial charge in [0, 0.05) is 12.8 Å². The van der Waals surface area contributed by atoms with Gasteiger partial charge in [0.25, 0.3) is 11.9 Å².